The van der Waals surface area contributed by atoms with Crippen LogP contribution in [0.1, 0.15) is 40.0 Å². The summed E-state index contributed by atoms with van der Waals surface area (Å²) in [5.41, 5.74) is -5.61. The monoisotopic (exact) mass is 304 g/mol. The number of fused-ring (bicyclic) bond motifs is 1. The van der Waals surface area contributed by atoms with Crippen LogP contribution in [-0.2, 0) is 0 Å². The highest BCUT2D eigenvalue weighted by Crippen LogP contribution is 2.58. The first-order chi connectivity index (χ1) is 9.56. The van der Waals surface area contributed by atoms with Gasteiger partial charge in [-0.1, -0.05) is 20.8 Å². The van der Waals surface area contributed by atoms with Crippen LogP contribution < -0.4 is 0 Å². The van der Waals surface area contributed by atoms with Crippen LogP contribution in [0.15, 0.2) is 0 Å². The Balaban J connectivity index is 2.60. The maximum absolute atomic E-state index is 11.2. The Kier molecular flexibility index (Phi) is 4.20. The summed E-state index contributed by atoms with van der Waals surface area (Å²) in [5, 5.41) is 63.1. The normalized spacial score (nSPS) is 54.6. The molecule has 7 atom stereocenters. The molecule has 2 saturated carbocycles. The van der Waals surface area contributed by atoms with E-state index >= 15 is 0 Å². The molecule has 2 aliphatic rings. The zero-order valence-electron chi connectivity index (χ0n) is 12.9. The van der Waals surface area contributed by atoms with Crippen LogP contribution in [0.3, 0.4) is 0 Å². The molecule has 0 heterocycles. The van der Waals surface area contributed by atoms with Crippen molar-refractivity contribution in [2.24, 2.45) is 17.3 Å². The minimum atomic E-state index is -2.17. The molecule has 124 valence electrons. The van der Waals surface area contributed by atoms with Crippen LogP contribution in [0, 0.1) is 17.3 Å². The van der Waals surface area contributed by atoms with Crippen molar-refractivity contribution in [2.45, 2.75) is 69.5 Å². The fraction of sp³-hybridized carbons (Fsp3) is 1.00. The molecule has 0 aliphatic heterocycles. The molecular formula is C15H28O6. The van der Waals surface area contributed by atoms with Crippen molar-refractivity contribution in [3.8, 4) is 0 Å². The van der Waals surface area contributed by atoms with Crippen molar-refractivity contribution in [3.63, 3.8) is 0 Å². The van der Waals surface area contributed by atoms with Gasteiger partial charge < -0.3 is 30.6 Å². The molecule has 6 heteroatoms. The summed E-state index contributed by atoms with van der Waals surface area (Å²) in [7, 11) is 0. The summed E-state index contributed by atoms with van der Waals surface area (Å²) in [6.07, 6.45) is -3.13. The largest absolute Gasteiger partial charge is 0.393 e. The zero-order valence-corrected chi connectivity index (χ0v) is 12.9. The molecular weight excluding hydrogens is 276 g/mol. The maximum atomic E-state index is 11.2. The summed E-state index contributed by atoms with van der Waals surface area (Å²) in [6, 6.07) is 0. The SMILES string of the molecule is CC(C)C1CC(O)C2(C)C(O)CCC(O)(CO)C2(O)C1O. The third-order valence-corrected chi connectivity index (χ3v) is 6.19. The first kappa shape index (κ1) is 17.1. The van der Waals surface area contributed by atoms with Crippen LogP contribution in [0.5, 0.6) is 0 Å². The smallest absolute Gasteiger partial charge is 0.132 e. The lowest BCUT2D eigenvalue weighted by molar-refractivity contribution is -0.353. The van der Waals surface area contributed by atoms with Gasteiger partial charge in [-0.05, 0) is 31.1 Å². The van der Waals surface area contributed by atoms with Crippen LogP contribution in [0.25, 0.3) is 0 Å². The zero-order chi connectivity index (χ0) is 16.2. The lowest BCUT2D eigenvalue weighted by Crippen LogP contribution is -2.81. The molecule has 0 saturated heterocycles. The van der Waals surface area contributed by atoms with E-state index in [4.69, 9.17) is 0 Å². The number of aliphatic hydroxyl groups excluding tert-OH is 4. The number of aliphatic hydroxyl groups is 6. The molecule has 7 unspecified atom stereocenters. The van der Waals surface area contributed by atoms with E-state index in [2.05, 4.69) is 0 Å². The Morgan fingerprint density at radius 2 is 1.67 bits per heavy atom. The molecule has 0 radical (unpaired) electrons. The first-order valence-corrected chi connectivity index (χ1v) is 7.66. The third kappa shape index (κ3) is 1.93. The quantitative estimate of drug-likeness (QED) is 0.389. The van der Waals surface area contributed by atoms with E-state index in [1.165, 1.54) is 6.92 Å². The molecule has 0 aromatic heterocycles. The summed E-state index contributed by atoms with van der Waals surface area (Å²) >= 11 is 0. The van der Waals surface area contributed by atoms with E-state index in [1.807, 2.05) is 13.8 Å². The van der Waals surface area contributed by atoms with Crippen LogP contribution in [-0.4, -0.2) is 66.8 Å². The lowest BCUT2D eigenvalue weighted by Gasteiger charge is -2.65. The van der Waals surface area contributed by atoms with E-state index in [0.717, 1.165) is 0 Å². The van der Waals surface area contributed by atoms with Crippen molar-refractivity contribution in [3.05, 3.63) is 0 Å². The molecule has 0 amide bonds. The topological polar surface area (TPSA) is 121 Å². The molecule has 2 rings (SSSR count). The standard InChI is InChI=1S/C15H28O6/c1-8(2)9-6-11(18)13(3)10(17)4-5-14(20,7-16)15(13,21)12(9)19/h8-12,16-21H,4-7H2,1-3H3. The number of rotatable bonds is 2. The van der Waals surface area contributed by atoms with E-state index in [9.17, 15) is 30.6 Å². The molecule has 21 heavy (non-hydrogen) atoms. The Bertz CT molecular complexity index is 402. The van der Waals surface area contributed by atoms with E-state index in [0.29, 0.717) is 0 Å². The van der Waals surface area contributed by atoms with Gasteiger partial charge in [-0.15, -0.1) is 0 Å². The van der Waals surface area contributed by atoms with E-state index in [-0.39, 0.29) is 25.2 Å². The average Bonchev–Trinajstić information content (AvgIpc) is 2.43. The maximum Gasteiger partial charge on any atom is 0.132 e. The van der Waals surface area contributed by atoms with Gasteiger partial charge in [0, 0.05) is 0 Å². The van der Waals surface area contributed by atoms with Gasteiger partial charge in [0.1, 0.15) is 11.2 Å². The van der Waals surface area contributed by atoms with Gasteiger partial charge in [-0.25, -0.2) is 0 Å². The highest BCUT2D eigenvalue weighted by molar-refractivity contribution is 5.23. The molecule has 2 aliphatic carbocycles. The molecule has 0 aromatic rings. The van der Waals surface area contributed by atoms with Gasteiger partial charge in [0.2, 0.25) is 0 Å². The second-order valence-corrected chi connectivity index (χ2v) is 7.40. The Labute approximate surface area is 125 Å². The summed E-state index contributed by atoms with van der Waals surface area (Å²) in [6.45, 7) is 4.47. The fourth-order valence-corrected chi connectivity index (χ4v) is 4.47. The molecule has 2 fully saturated rings. The van der Waals surface area contributed by atoms with Crippen molar-refractivity contribution in [1.82, 2.24) is 0 Å². The minimum Gasteiger partial charge on any atom is -0.393 e. The third-order valence-electron chi connectivity index (χ3n) is 6.19. The predicted octanol–water partition coefficient (Wildman–Crippen LogP) is -1.00. The van der Waals surface area contributed by atoms with E-state index in [1.54, 1.807) is 0 Å². The lowest BCUT2D eigenvalue weighted by atomic mass is 9.46. The Morgan fingerprint density at radius 3 is 2.14 bits per heavy atom. The van der Waals surface area contributed by atoms with Crippen molar-refractivity contribution in [1.29, 1.82) is 0 Å². The van der Waals surface area contributed by atoms with Gasteiger partial charge in [-0.3, -0.25) is 0 Å². The number of hydrogen-bond acceptors (Lipinski definition) is 6. The second kappa shape index (κ2) is 5.15. The summed E-state index contributed by atoms with van der Waals surface area (Å²) in [5.74, 6) is -0.452. The fourth-order valence-electron chi connectivity index (χ4n) is 4.47. The predicted molar refractivity (Wildman–Crippen MR) is 75.3 cm³/mol. The van der Waals surface area contributed by atoms with Crippen molar-refractivity contribution < 1.29 is 30.6 Å². The number of hydrogen-bond donors (Lipinski definition) is 6. The Hall–Kier alpha value is -0.240. The molecule has 6 nitrogen and oxygen atoms in total. The van der Waals surface area contributed by atoms with E-state index < -0.39 is 47.5 Å². The molecule has 6 N–H and O–H groups in total. The Morgan fingerprint density at radius 1 is 1.10 bits per heavy atom. The van der Waals surface area contributed by atoms with Crippen LogP contribution in [0.2, 0.25) is 0 Å². The second-order valence-electron chi connectivity index (χ2n) is 7.40. The molecule has 0 aromatic carbocycles. The average molecular weight is 304 g/mol. The van der Waals surface area contributed by atoms with Gasteiger partial charge in [0.15, 0.2) is 0 Å². The highest BCUT2D eigenvalue weighted by Gasteiger charge is 2.73. The first-order valence-electron chi connectivity index (χ1n) is 7.66. The van der Waals surface area contributed by atoms with Gasteiger partial charge in [0.25, 0.3) is 0 Å². The van der Waals surface area contributed by atoms with Crippen LogP contribution >= 0.6 is 0 Å². The van der Waals surface area contributed by atoms with Gasteiger partial charge >= 0.3 is 0 Å². The summed E-state index contributed by atoms with van der Waals surface area (Å²) in [4.78, 5) is 0. The minimum absolute atomic E-state index is 0.0229. The van der Waals surface area contributed by atoms with Crippen molar-refractivity contribution in [2.75, 3.05) is 6.61 Å². The highest BCUT2D eigenvalue weighted by atomic mass is 16.4. The van der Waals surface area contributed by atoms with Gasteiger partial charge in [0.05, 0.1) is 30.3 Å². The van der Waals surface area contributed by atoms with Crippen LogP contribution in [0.4, 0.5) is 0 Å². The van der Waals surface area contributed by atoms with Gasteiger partial charge in [-0.2, -0.15) is 0 Å². The molecule has 0 spiro atoms. The van der Waals surface area contributed by atoms with Crippen molar-refractivity contribution >= 4 is 0 Å². The summed E-state index contributed by atoms with van der Waals surface area (Å²) < 4.78 is 0. The molecule has 0 bridgehead atoms.